The van der Waals surface area contributed by atoms with Crippen molar-refractivity contribution >= 4 is 5.97 Å². The molecule has 1 aromatic carbocycles. The maximum atomic E-state index is 14.3. The van der Waals surface area contributed by atoms with E-state index in [9.17, 15) is 14.3 Å². The van der Waals surface area contributed by atoms with E-state index in [4.69, 9.17) is 14.2 Å². The van der Waals surface area contributed by atoms with Crippen LogP contribution in [-0.2, 0) is 16.1 Å². The minimum atomic E-state index is -0.786. The molecule has 0 spiro atoms. The average molecular weight is 339 g/mol. The molecule has 132 valence electrons. The molecular weight excluding hydrogens is 317 g/mol. The van der Waals surface area contributed by atoms with Crippen LogP contribution < -0.4 is 9.47 Å². The quantitative estimate of drug-likeness (QED) is 0.882. The van der Waals surface area contributed by atoms with Gasteiger partial charge in [0.15, 0.2) is 11.5 Å². The molecule has 1 aromatic rings. The number of benzene rings is 1. The van der Waals surface area contributed by atoms with E-state index in [0.717, 1.165) is 0 Å². The minimum absolute atomic E-state index is 0.0630. The first-order valence-electron chi connectivity index (χ1n) is 7.94. The highest BCUT2D eigenvalue weighted by Gasteiger charge is 2.53. The summed E-state index contributed by atoms with van der Waals surface area (Å²) >= 11 is 0. The number of carboxylic acid groups (broad SMARTS) is 1. The van der Waals surface area contributed by atoms with Crippen molar-refractivity contribution in [3.05, 3.63) is 23.5 Å². The van der Waals surface area contributed by atoms with Crippen molar-refractivity contribution in [2.45, 2.75) is 13.0 Å². The molecule has 2 saturated heterocycles. The van der Waals surface area contributed by atoms with E-state index in [0.29, 0.717) is 56.3 Å². The fraction of sp³-hybridized carbons (Fsp3) is 0.588. The second-order valence-corrected chi connectivity index (χ2v) is 6.45. The fourth-order valence-corrected chi connectivity index (χ4v) is 3.78. The number of carboxylic acids is 1. The van der Waals surface area contributed by atoms with E-state index in [-0.39, 0.29) is 11.7 Å². The Bertz CT molecular complexity index is 638. The molecule has 0 amide bonds. The van der Waals surface area contributed by atoms with Crippen molar-refractivity contribution < 1.29 is 28.5 Å². The lowest BCUT2D eigenvalue weighted by Crippen LogP contribution is -2.44. The Morgan fingerprint density at radius 2 is 2.12 bits per heavy atom. The van der Waals surface area contributed by atoms with Crippen LogP contribution in [0, 0.1) is 17.2 Å². The Morgan fingerprint density at radius 1 is 1.42 bits per heavy atom. The number of hydrogen-bond donors (Lipinski definition) is 1. The summed E-state index contributed by atoms with van der Waals surface area (Å²) in [5.74, 6) is -0.438. The zero-order chi connectivity index (χ0) is 17.3. The third kappa shape index (κ3) is 2.82. The number of methoxy groups -OCH3 is 2. The molecule has 0 saturated carbocycles. The van der Waals surface area contributed by atoms with Crippen LogP contribution >= 0.6 is 0 Å². The first kappa shape index (κ1) is 17.0. The number of fused-ring (bicyclic) bond motifs is 1. The van der Waals surface area contributed by atoms with Gasteiger partial charge in [0.05, 0.1) is 26.2 Å². The summed E-state index contributed by atoms with van der Waals surface area (Å²) in [6, 6.07) is 2.91. The largest absolute Gasteiger partial charge is 0.493 e. The van der Waals surface area contributed by atoms with Crippen molar-refractivity contribution in [1.82, 2.24) is 4.90 Å². The van der Waals surface area contributed by atoms with Crippen molar-refractivity contribution in [2.75, 3.05) is 40.5 Å². The molecule has 2 heterocycles. The van der Waals surface area contributed by atoms with Gasteiger partial charge in [-0.1, -0.05) is 0 Å². The third-order valence-electron chi connectivity index (χ3n) is 5.15. The van der Waals surface area contributed by atoms with Crippen molar-refractivity contribution in [3.8, 4) is 11.5 Å². The predicted octanol–water partition coefficient (Wildman–Crippen LogP) is 1.77. The normalized spacial score (nSPS) is 26.9. The van der Waals surface area contributed by atoms with E-state index >= 15 is 0 Å². The van der Waals surface area contributed by atoms with Crippen LogP contribution in [0.3, 0.4) is 0 Å². The van der Waals surface area contributed by atoms with Crippen LogP contribution in [0.5, 0.6) is 11.5 Å². The number of aliphatic carboxylic acids is 1. The van der Waals surface area contributed by atoms with Gasteiger partial charge in [0.2, 0.25) is 0 Å². The first-order valence-corrected chi connectivity index (χ1v) is 7.94. The minimum Gasteiger partial charge on any atom is -0.493 e. The molecule has 0 aromatic heterocycles. The summed E-state index contributed by atoms with van der Waals surface area (Å²) in [5, 5.41) is 9.70. The summed E-state index contributed by atoms with van der Waals surface area (Å²) in [5.41, 5.74) is -0.321. The molecule has 3 rings (SSSR count). The molecule has 24 heavy (non-hydrogen) atoms. The Hall–Kier alpha value is -1.86. The molecule has 0 radical (unpaired) electrons. The Labute approximate surface area is 140 Å². The molecule has 0 unspecified atom stereocenters. The predicted molar refractivity (Wildman–Crippen MR) is 83.8 cm³/mol. The summed E-state index contributed by atoms with van der Waals surface area (Å²) in [4.78, 5) is 13.8. The highest BCUT2D eigenvalue weighted by atomic mass is 19.1. The van der Waals surface area contributed by atoms with Crippen LogP contribution in [-0.4, -0.2) is 56.5 Å². The Morgan fingerprint density at radius 3 is 2.75 bits per heavy atom. The van der Waals surface area contributed by atoms with Crippen LogP contribution in [0.4, 0.5) is 4.39 Å². The number of ether oxygens (including phenoxy) is 3. The molecule has 1 N–H and O–H groups in total. The van der Waals surface area contributed by atoms with Gasteiger partial charge < -0.3 is 19.3 Å². The molecular formula is C17H22FNO5. The smallest absolute Gasteiger partial charge is 0.311 e. The highest BCUT2D eigenvalue weighted by Crippen LogP contribution is 2.43. The molecule has 0 bridgehead atoms. The number of carbonyl (C=O) groups is 1. The van der Waals surface area contributed by atoms with E-state index < -0.39 is 11.4 Å². The van der Waals surface area contributed by atoms with Crippen LogP contribution in [0.2, 0.25) is 0 Å². The molecule has 2 aliphatic rings. The van der Waals surface area contributed by atoms with Gasteiger partial charge in [-0.25, -0.2) is 4.39 Å². The van der Waals surface area contributed by atoms with E-state index in [1.54, 1.807) is 6.07 Å². The van der Waals surface area contributed by atoms with E-state index in [1.807, 2.05) is 4.90 Å². The maximum absolute atomic E-state index is 14.3. The number of likely N-dealkylation sites (tertiary alicyclic amines) is 1. The van der Waals surface area contributed by atoms with Crippen LogP contribution in [0.25, 0.3) is 0 Å². The van der Waals surface area contributed by atoms with Gasteiger partial charge >= 0.3 is 5.97 Å². The standard InChI is InChI=1S/C17H22FNO5/c1-22-14-5-11(13(18)6-15(14)23-2)7-19-8-12-9-24-4-3-17(12,10-19)16(20)21/h5-6,12H,3-4,7-10H2,1-2H3,(H,20,21)/t12-,17+/m1/s1. The second-order valence-electron chi connectivity index (χ2n) is 6.45. The summed E-state index contributed by atoms with van der Waals surface area (Å²) in [6.07, 6.45) is 0.498. The van der Waals surface area contributed by atoms with Gasteiger partial charge in [-0.3, -0.25) is 9.69 Å². The van der Waals surface area contributed by atoms with Gasteiger partial charge in [-0.2, -0.15) is 0 Å². The zero-order valence-electron chi connectivity index (χ0n) is 13.9. The Kier molecular flexibility index (Phi) is 4.64. The highest BCUT2D eigenvalue weighted by molar-refractivity contribution is 5.76. The van der Waals surface area contributed by atoms with Crippen molar-refractivity contribution in [3.63, 3.8) is 0 Å². The number of hydrogen-bond acceptors (Lipinski definition) is 5. The first-order chi connectivity index (χ1) is 11.5. The molecule has 2 atom stereocenters. The molecule has 2 fully saturated rings. The SMILES string of the molecule is COc1cc(F)c(CN2C[C@@H]3COCC[C@]3(C(=O)O)C2)cc1OC. The van der Waals surface area contributed by atoms with Crippen LogP contribution in [0.15, 0.2) is 12.1 Å². The summed E-state index contributed by atoms with van der Waals surface area (Å²) < 4.78 is 30.1. The Balaban J connectivity index is 1.81. The van der Waals surface area contributed by atoms with Gasteiger partial charge in [0.25, 0.3) is 0 Å². The van der Waals surface area contributed by atoms with Gasteiger partial charge in [0.1, 0.15) is 5.82 Å². The monoisotopic (exact) mass is 339 g/mol. The van der Waals surface area contributed by atoms with Crippen molar-refractivity contribution in [1.29, 1.82) is 0 Å². The average Bonchev–Trinajstić information content (AvgIpc) is 2.95. The zero-order valence-corrected chi connectivity index (χ0v) is 13.9. The number of nitrogens with zero attached hydrogens (tertiary/aromatic N) is 1. The number of rotatable bonds is 5. The summed E-state index contributed by atoms with van der Waals surface area (Å²) in [7, 11) is 2.96. The summed E-state index contributed by atoms with van der Waals surface area (Å²) in [6.45, 7) is 2.22. The maximum Gasteiger partial charge on any atom is 0.311 e. The molecule has 0 aliphatic carbocycles. The van der Waals surface area contributed by atoms with E-state index in [1.165, 1.54) is 20.3 Å². The molecule has 2 aliphatic heterocycles. The van der Waals surface area contributed by atoms with Gasteiger partial charge in [0, 0.05) is 43.8 Å². The van der Waals surface area contributed by atoms with Crippen molar-refractivity contribution in [2.24, 2.45) is 11.3 Å². The molecule has 7 heteroatoms. The fourth-order valence-electron chi connectivity index (χ4n) is 3.78. The lowest BCUT2D eigenvalue weighted by atomic mass is 9.74. The lowest BCUT2D eigenvalue weighted by Gasteiger charge is -2.34. The van der Waals surface area contributed by atoms with Gasteiger partial charge in [-0.05, 0) is 12.5 Å². The van der Waals surface area contributed by atoms with Crippen LogP contribution in [0.1, 0.15) is 12.0 Å². The third-order valence-corrected chi connectivity index (χ3v) is 5.15. The number of halogens is 1. The van der Waals surface area contributed by atoms with Gasteiger partial charge in [-0.15, -0.1) is 0 Å². The molecule has 6 nitrogen and oxygen atoms in total. The lowest BCUT2D eigenvalue weighted by molar-refractivity contribution is -0.157. The van der Waals surface area contributed by atoms with E-state index in [2.05, 4.69) is 0 Å². The topological polar surface area (TPSA) is 68.2 Å². The second kappa shape index (κ2) is 6.57.